The fraction of sp³-hybridized carbons (Fsp3) is 0.600. The number of amides is 1. The largest absolute Gasteiger partial charge is 0.472 e. The molecule has 2 bridgehead atoms. The van der Waals surface area contributed by atoms with E-state index < -0.39 is 75.8 Å². The highest BCUT2D eigenvalue weighted by molar-refractivity contribution is 5.98. The van der Waals surface area contributed by atoms with Crippen LogP contribution in [0.2, 0.25) is 0 Å². The number of aromatic nitrogens is 3. The first kappa shape index (κ1) is 34.8. The second-order valence-corrected chi connectivity index (χ2v) is 15.3. The van der Waals surface area contributed by atoms with Gasteiger partial charge in [-0.15, -0.1) is 0 Å². The van der Waals surface area contributed by atoms with Crippen molar-refractivity contribution in [2.24, 2.45) is 0 Å². The molecular weight excluding hydrogens is 693 g/mol. The number of halogens is 5. The van der Waals surface area contributed by atoms with Crippen molar-refractivity contribution in [2.75, 3.05) is 43.5 Å². The van der Waals surface area contributed by atoms with Crippen molar-refractivity contribution in [3.8, 4) is 23.1 Å². The number of nitrogen functional groups attached to an aromatic ring is 1. The van der Waals surface area contributed by atoms with Crippen molar-refractivity contribution in [1.82, 2.24) is 24.8 Å². The van der Waals surface area contributed by atoms with Crippen LogP contribution in [0.4, 0.5) is 38.3 Å². The number of pyridine rings is 1. The van der Waals surface area contributed by atoms with Gasteiger partial charge in [-0.05, 0) is 65.5 Å². The molecule has 52 heavy (non-hydrogen) atoms. The van der Waals surface area contributed by atoms with Crippen LogP contribution in [0.3, 0.4) is 0 Å². The maximum Gasteiger partial charge on any atom is 0.417 e. The molecule has 1 amide bonds. The number of hydrogen-bond acceptors (Lipinski definition) is 11. The highest BCUT2D eigenvalue weighted by atomic mass is 19.4. The molecule has 7 heterocycles. The van der Waals surface area contributed by atoms with Crippen LogP contribution in [0.1, 0.15) is 58.1 Å². The number of alkyl halides is 3. The number of benzene rings is 1. The lowest BCUT2D eigenvalue weighted by Crippen LogP contribution is -2.65. The van der Waals surface area contributed by atoms with Gasteiger partial charge in [-0.3, -0.25) is 9.80 Å². The summed E-state index contributed by atoms with van der Waals surface area (Å²) in [6.07, 6.45) is -4.17. The van der Waals surface area contributed by atoms with E-state index in [1.165, 1.54) is 0 Å². The Labute approximate surface area is 296 Å². The standard InChI is InChI=1S/C35H40F5N7O5/c1-15-24(35(38,39)40)20(11-21(41)25(15)36)27-26(37)28-23-30(44-32(43-28)50-14-19-10-18-13-49-9-8-45(18)19)46-12-17-6-7-22(29(46)16(2)51-31(23)42-27)47(17)33(48)52-34(3,4)5/h11,16-19,22,29H,6-10,12-14,41H2,1-5H3/t16-,17+,18?,19?,22-,29+/m0/s1. The predicted molar refractivity (Wildman–Crippen MR) is 178 cm³/mol. The Balaban J connectivity index is 1.27. The predicted octanol–water partition coefficient (Wildman–Crippen LogP) is 5.47. The van der Waals surface area contributed by atoms with Crippen molar-refractivity contribution < 1.29 is 45.7 Å². The molecule has 0 saturated carbocycles. The van der Waals surface area contributed by atoms with Gasteiger partial charge in [0.15, 0.2) is 5.82 Å². The third kappa shape index (κ3) is 5.61. The van der Waals surface area contributed by atoms with Crippen LogP contribution in [-0.4, -0.2) is 106 Å². The minimum Gasteiger partial charge on any atom is -0.472 e. The first-order chi connectivity index (χ1) is 24.5. The zero-order valence-electron chi connectivity index (χ0n) is 29.4. The monoisotopic (exact) mass is 733 g/mol. The van der Waals surface area contributed by atoms with Crippen molar-refractivity contribution in [3.05, 3.63) is 28.8 Å². The number of piperazine rings is 1. The van der Waals surface area contributed by atoms with E-state index in [4.69, 9.17) is 29.7 Å². The molecule has 3 aromatic rings. The Hall–Kier alpha value is -4.25. The fourth-order valence-electron chi connectivity index (χ4n) is 8.63. The number of fused-ring (bicyclic) bond motifs is 6. The summed E-state index contributed by atoms with van der Waals surface area (Å²) in [5, 5.41) is 0.0466. The summed E-state index contributed by atoms with van der Waals surface area (Å²) >= 11 is 0. The highest BCUT2D eigenvalue weighted by Crippen LogP contribution is 2.48. The van der Waals surface area contributed by atoms with Gasteiger partial charge in [0.1, 0.15) is 46.5 Å². The summed E-state index contributed by atoms with van der Waals surface area (Å²) < 4.78 is 99.2. The lowest BCUT2D eigenvalue weighted by molar-refractivity contribution is -0.137. The van der Waals surface area contributed by atoms with Crippen LogP contribution < -0.4 is 20.1 Å². The Morgan fingerprint density at radius 1 is 1.10 bits per heavy atom. The van der Waals surface area contributed by atoms with Gasteiger partial charge in [-0.1, -0.05) is 0 Å². The van der Waals surface area contributed by atoms with E-state index in [2.05, 4.69) is 14.9 Å². The van der Waals surface area contributed by atoms with E-state index in [9.17, 15) is 22.4 Å². The second-order valence-electron chi connectivity index (χ2n) is 15.3. The van der Waals surface area contributed by atoms with Gasteiger partial charge in [0.05, 0.1) is 42.6 Å². The minimum absolute atomic E-state index is 0.0459. The number of hydrogen-bond donors (Lipinski definition) is 1. The molecule has 6 atom stereocenters. The van der Waals surface area contributed by atoms with E-state index in [1.54, 1.807) is 32.6 Å². The van der Waals surface area contributed by atoms with E-state index in [1.807, 2.05) is 4.90 Å². The molecule has 2 unspecified atom stereocenters. The molecular formula is C35H40F5N7O5. The molecule has 12 nitrogen and oxygen atoms in total. The first-order valence-electron chi connectivity index (χ1n) is 17.5. The average molecular weight is 734 g/mol. The lowest BCUT2D eigenvalue weighted by atomic mass is 9.93. The smallest absolute Gasteiger partial charge is 0.417 e. The van der Waals surface area contributed by atoms with E-state index in [-0.39, 0.29) is 59.9 Å². The summed E-state index contributed by atoms with van der Waals surface area (Å²) in [7, 11) is 0. The van der Waals surface area contributed by atoms with Gasteiger partial charge in [-0.25, -0.2) is 18.6 Å². The van der Waals surface area contributed by atoms with Crippen LogP contribution in [0, 0.1) is 18.6 Å². The van der Waals surface area contributed by atoms with Gasteiger partial charge in [0.25, 0.3) is 0 Å². The number of morpholine rings is 1. The van der Waals surface area contributed by atoms with Gasteiger partial charge >= 0.3 is 18.3 Å². The van der Waals surface area contributed by atoms with Gasteiger partial charge in [-0.2, -0.15) is 23.1 Å². The van der Waals surface area contributed by atoms with Crippen molar-refractivity contribution in [3.63, 3.8) is 0 Å². The van der Waals surface area contributed by atoms with Crippen LogP contribution in [0.25, 0.3) is 22.2 Å². The zero-order valence-corrected chi connectivity index (χ0v) is 29.4. The molecule has 0 spiro atoms. The van der Waals surface area contributed by atoms with Crippen molar-refractivity contribution >= 4 is 28.5 Å². The fourth-order valence-corrected chi connectivity index (χ4v) is 8.63. The van der Waals surface area contributed by atoms with Crippen LogP contribution >= 0.6 is 0 Å². The second kappa shape index (κ2) is 12.1. The van der Waals surface area contributed by atoms with Gasteiger partial charge in [0.2, 0.25) is 5.88 Å². The van der Waals surface area contributed by atoms with E-state index in [0.717, 1.165) is 26.0 Å². The quantitative estimate of drug-likeness (QED) is 0.271. The Kier molecular flexibility index (Phi) is 8.13. The third-order valence-corrected chi connectivity index (χ3v) is 10.8. The maximum atomic E-state index is 17.0. The Morgan fingerprint density at radius 2 is 1.87 bits per heavy atom. The summed E-state index contributed by atoms with van der Waals surface area (Å²) in [5.74, 6) is -2.45. The molecule has 2 N–H and O–H groups in total. The molecule has 17 heteroatoms. The molecule has 1 aromatic carbocycles. The number of nitrogens with two attached hydrogens (primary N) is 1. The van der Waals surface area contributed by atoms with Crippen molar-refractivity contribution in [2.45, 2.75) is 102 Å². The molecule has 2 aromatic heterocycles. The molecule has 5 aliphatic rings. The summed E-state index contributed by atoms with van der Waals surface area (Å²) in [5.41, 5.74) is 0.344. The highest BCUT2D eigenvalue weighted by Gasteiger charge is 2.54. The van der Waals surface area contributed by atoms with Gasteiger partial charge < -0.3 is 29.6 Å². The van der Waals surface area contributed by atoms with E-state index in [0.29, 0.717) is 26.1 Å². The molecule has 5 aliphatic heterocycles. The number of anilines is 2. The first-order valence-corrected chi connectivity index (χ1v) is 17.5. The van der Waals surface area contributed by atoms with E-state index >= 15 is 4.39 Å². The Morgan fingerprint density at radius 3 is 2.58 bits per heavy atom. The van der Waals surface area contributed by atoms with Crippen LogP contribution in [-0.2, 0) is 15.7 Å². The Bertz CT molecular complexity index is 1960. The lowest BCUT2D eigenvalue weighted by Gasteiger charge is -2.50. The van der Waals surface area contributed by atoms with Crippen molar-refractivity contribution in [1.29, 1.82) is 0 Å². The SMILES string of the molecule is Cc1c(F)c(N)cc(-c2nc3c4c(nc(OCC5CC6COCCN65)nc4c2F)N2C[C@H]4CC[C@@H]([C@H]2[C@H](C)O3)N4C(=O)OC(C)(C)C)c1C(F)(F)F. The van der Waals surface area contributed by atoms with Crippen LogP contribution in [0.15, 0.2) is 6.07 Å². The maximum absolute atomic E-state index is 17.0. The molecule has 0 radical (unpaired) electrons. The van der Waals surface area contributed by atoms with Gasteiger partial charge in [0, 0.05) is 30.7 Å². The molecule has 8 rings (SSSR count). The number of carbonyl (C=O) groups excluding carboxylic acids is 1. The summed E-state index contributed by atoms with van der Waals surface area (Å²) in [4.78, 5) is 33.0. The minimum atomic E-state index is -5.09. The topological polar surface area (TPSA) is 128 Å². The zero-order chi connectivity index (χ0) is 37.0. The average Bonchev–Trinajstić information content (AvgIpc) is 3.30. The van der Waals surface area contributed by atoms with Crippen LogP contribution in [0.5, 0.6) is 11.9 Å². The molecule has 4 saturated heterocycles. The number of nitrogens with zero attached hydrogens (tertiary/aromatic N) is 6. The molecule has 4 fully saturated rings. The molecule has 0 aliphatic carbocycles. The number of rotatable bonds is 4. The number of ether oxygens (including phenoxy) is 4. The number of carbonyl (C=O) groups is 1. The third-order valence-electron chi connectivity index (χ3n) is 10.8. The summed E-state index contributed by atoms with van der Waals surface area (Å²) in [6, 6.07) is -0.334. The summed E-state index contributed by atoms with van der Waals surface area (Å²) in [6.45, 7) is 10.5. The normalized spacial score (nSPS) is 27.0. The molecule has 280 valence electrons.